The fourth-order valence-electron chi connectivity index (χ4n) is 3.63. The number of aromatic nitrogens is 2. The van der Waals surface area contributed by atoms with Gasteiger partial charge in [0.1, 0.15) is 11.5 Å². The minimum atomic E-state index is -0.423. The van der Waals surface area contributed by atoms with E-state index in [4.69, 9.17) is 11.6 Å². The fraction of sp³-hybridized carbons (Fsp3) is 0.238. The molecule has 27 heavy (non-hydrogen) atoms. The summed E-state index contributed by atoms with van der Waals surface area (Å²) in [4.78, 5) is 15.0. The summed E-state index contributed by atoms with van der Waals surface area (Å²) < 4.78 is 13.5. The van der Waals surface area contributed by atoms with Crippen LogP contribution in [0, 0.1) is 5.82 Å². The van der Waals surface area contributed by atoms with Crippen molar-refractivity contribution >= 4 is 17.5 Å². The van der Waals surface area contributed by atoms with Gasteiger partial charge in [-0.3, -0.25) is 9.89 Å². The Bertz CT molecular complexity index is 1000. The van der Waals surface area contributed by atoms with Crippen LogP contribution in [0.1, 0.15) is 48.4 Å². The van der Waals surface area contributed by atoms with Crippen LogP contribution in [0.25, 0.3) is 11.3 Å². The van der Waals surface area contributed by atoms with Gasteiger partial charge >= 0.3 is 0 Å². The number of H-pyrrole nitrogens is 1. The lowest BCUT2D eigenvalue weighted by atomic mass is 9.93. The lowest BCUT2D eigenvalue weighted by Crippen LogP contribution is -2.44. The van der Waals surface area contributed by atoms with Gasteiger partial charge < -0.3 is 4.90 Å². The van der Waals surface area contributed by atoms with E-state index < -0.39 is 5.54 Å². The van der Waals surface area contributed by atoms with Crippen LogP contribution in [0.3, 0.4) is 0 Å². The highest BCUT2D eigenvalue weighted by Crippen LogP contribution is 2.45. The second-order valence-corrected chi connectivity index (χ2v) is 8.10. The van der Waals surface area contributed by atoms with Gasteiger partial charge in [0.2, 0.25) is 0 Å². The second kappa shape index (κ2) is 6.20. The molecule has 0 fully saturated rings. The van der Waals surface area contributed by atoms with Crippen LogP contribution in [-0.2, 0) is 0 Å². The smallest absolute Gasteiger partial charge is 0.273 e. The molecule has 1 aromatic heterocycles. The molecule has 0 saturated carbocycles. The predicted molar refractivity (Wildman–Crippen MR) is 103 cm³/mol. The van der Waals surface area contributed by atoms with E-state index in [1.807, 2.05) is 37.8 Å². The van der Waals surface area contributed by atoms with Crippen molar-refractivity contribution in [1.29, 1.82) is 0 Å². The number of amides is 1. The number of benzene rings is 2. The van der Waals surface area contributed by atoms with Gasteiger partial charge in [0, 0.05) is 21.7 Å². The number of halogens is 2. The number of nitrogens with zero attached hydrogens (tertiary/aromatic N) is 2. The third-order valence-electron chi connectivity index (χ3n) is 4.79. The van der Waals surface area contributed by atoms with Crippen molar-refractivity contribution in [2.45, 2.75) is 32.4 Å². The molecule has 4 rings (SSSR count). The first kappa shape index (κ1) is 17.7. The Morgan fingerprint density at radius 1 is 1.07 bits per heavy atom. The molecule has 0 radical (unpaired) electrons. The molecule has 2 heterocycles. The molecule has 138 valence electrons. The second-order valence-electron chi connectivity index (χ2n) is 7.67. The minimum Gasteiger partial charge on any atom is -0.321 e. The Morgan fingerprint density at radius 3 is 2.30 bits per heavy atom. The molecule has 1 aliphatic rings. The average Bonchev–Trinajstić information content (AvgIpc) is 3.15. The van der Waals surface area contributed by atoms with E-state index in [1.165, 1.54) is 12.1 Å². The summed E-state index contributed by atoms with van der Waals surface area (Å²) in [6, 6.07) is 13.3. The van der Waals surface area contributed by atoms with Crippen molar-refractivity contribution in [3.05, 3.63) is 76.2 Å². The maximum absolute atomic E-state index is 13.5. The normalized spacial score (nSPS) is 16.7. The number of rotatable bonds is 2. The number of hydrogen-bond acceptors (Lipinski definition) is 2. The fourth-order valence-corrected chi connectivity index (χ4v) is 3.75. The lowest BCUT2D eigenvalue weighted by Gasteiger charge is -2.37. The topological polar surface area (TPSA) is 49.0 Å². The summed E-state index contributed by atoms with van der Waals surface area (Å²) in [5.41, 5.74) is 3.28. The maximum Gasteiger partial charge on any atom is 0.273 e. The number of aromatic amines is 1. The third kappa shape index (κ3) is 2.92. The maximum atomic E-state index is 13.5. The first-order valence-electron chi connectivity index (χ1n) is 8.70. The molecular weight excluding hydrogens is 365 g/mol. The molecule has 1 atom stereocenters. The SMILES string of the molecule is CC(C)(C)N1C(=O)c2[nH]nc(-c3ccc(Cl)cc3)c2C1c1ccc(F)cc1. The largest absolute Gasteiger partial charge is 0.321 e. The first-order valence-corrected chi connectivity index (χ1v) is 9.08. The van der Waals surface area contributed by atoms with Crippen LogP contribution in [0.2, 0.25) is 5.02 Å². The summed E-state index contributed by atoms with van der Waals surface area (Å²) in [6.07, 6.45) is 0. The Morgan fingerprint density at radius 2 is 1.70 bits per heavy atom. The lowest BCUT2D eigenvalue weighted by molar-refractivity contribution is 0.0546. The molecule has 1 aliphatic heterocycles. The minimum absolute atomic E-state index is 0.112. The van der Waals surface area contributed by atoms with Crippen molar-refractivity contribution in [3.63, 3.8) is 0 Å². The number of carbonyl (C=O) groups is 1. The van der Waals surface area contributed by atoms with Gasteiger partial charge in [0.05, 0.1) is 11.7 Å². The van der Waals surface area contributed by atoms with Crippen molar-refractivity contribution in [3.8, 4) is 11.3 Å². The van der Waals surface area contributed by atoms with Gasteiger partial charge in [0.15, 0.2) is 0 Å². The molecule has 2 aromatic carbocycles. The molecule has 1 amide bonds. The molecule has 1 N–H and O–H groups in total. The highest BCUT2D eigenvalue weighted by atomic mass is 35.5. The number of carbonyl (C=O) groups excluding carboxylic acids is 1. The molecule has 3 aromatic rings. The monoisotopic (exact) mass is 383 g/mol. The van der Waals surface area contributed by atoms with Crippen molar-refractivity contribution in [1.82, 2.24) is 15.1 Å². The van der Waals surface area contributed by atoms with Gasteiger partial charge in [-0.2, -0.15) is 5.10 Å². The van der Waals surface area contributed by atoms with Crippen LogP contribution in [0.15, 0.2) is 48.5 Å². The summed E-state index contributed by atoms with van der Waals surface area (Å²) in [5, 5.41) is 7.96. The highest BCUT2D eigenvalue weighted by Gasteiger charge is 2.46. The molecule has 4 nitrogen and oxygen atoms in total. The summed E-state index contributed by atoms with van der Waals surface area (Å²) in [7, 11) is 0. The van der Waals surface area contributed by atoms with Crippen LogP contribution < -0.4 is 0 Å². The number of nitrogens with one attached hydrogen (secondary N) is 1. The summed E-state index contributed by atoms with van der Waals surface area (Å²) in [5.74, 6) is -0.421. The quantitative estimate of drug-likeness (QED) is 0.660. The van der Waals surface area contributed by atoms with E-state index >= 15 is 0 Å². The third-order valence-corrected chi connectivity index (χ3v) is 5.05. The molecule has 0 aliphatic carbocycles. The van der Waals surface area contributed by atoms with E-state index in [0.717, 1.165) is 16.7 Å². The molecule has 0 bridgehead atoms. The Kier molecular flexibility index (Phi) is 4.07. The average molecular weight is 384 g/mol. The van der Waals surface area contributed by atoms with E-state index in [2.05, 4.69) is 10.2 Å². The highest BCUT2D eigenvalue weighted by molar-refractivity contribution is 6.30. The van der Waals surface area contributed by atoms with Crippen molar-refractivity contribution in [2.75, 3.05) is 0 Å². The van der Waals surface area contributed by atoms with Crippen LogP contribution >= 0.6 is 11.6 Å². The number of fused-ring (bicyclic) bond motifs is 1. The van der Waals surface area contributed by atoms with Crippen molar-refractivity contribution < 1.29 is 9.18 Å². The van der Waals surface area contributed by atoms with Gasteiger partial charge in [-0.15, -0.1) is 0 Å². The van der Waals surface area contributed by atoms with Crippen LogP contribution in [-0.4, -0.2) is 26.5 Å². The Labute approximate surface area is 162 Å². The number of hydrogen-bond donors (Lipinski definition) is 1. The first-order chi connectivity index (χ1) is 12.8. The van der Waals surface area contributed by atoms with Gasteiger partial charge in [-0.05, 0) is 50.6 Å². The van der Waals surface area contributed by atoms with E-state index in [-0.39, 0.29) is 17.8 Å². The zero-order valence-electron chi connectivity index (χ0n) is 15.3. The molecule has 6 heteroatoms. The van der Waals surface area contributed by atoms with E-state index in [1.54, 1.807) is 24.3 Å². The van der Waals surface area contributed by atoms with Gasteiger partial charge in [-0.25, -0.2) is 4.39 Å². The van der Waals surface area contributed by atoms with E-state index in [9.17, 15) is 9.18 Å². The summed E-state index contributed by atoms with van der Waals surface area (Å²) >= 11 is 6.01. The summed E-state index contributed by atoms with van der Waals surface area (Å²) in [6.45, 7) is 5.97. The zero-order valence-corrected chi connectivity index (χ0v) is 16.0. The molecule has 0 saturated heterocycles. The van der Waals surface area contributed by atoms with E-state index in [0.29, 0.717) is 16.4 Å². The van der Waals surface area contributed by atoms with Crippen LogP contribution in [0.5, 0.6) is 0 Å². The standard InChI is InChI=1S/C21H19ClFN3O/c1-21(2,3)26-19(13-6-10-15(23)11-7-13)16-17(24-25-18(16)20(26)27)12-4-8-14(22)9-5-12/h4-11,19H,1-3H3,(H,24,25). The van der Waals surface area contributed by atoms with Gasteiger partial charge in [0.25, 0.3) is 5.91 Å². The zero-order chi connectivity index (χ0) is 19.3. The molecule has 1 unspecified atom stereocenters. The van der Waals surface area contributed by atoms with Crippen molar-refractivity contribution in [2.24, 2.45) is 0 Å². The van der Waals surface area contributed by atoms with Gasteiger partial charge in [-0.1, -0.05) is 35.9 Å². The van der Waals surface area contributed by atoms with Crippen LogP contribution in [0.4, 0.5) is 4.39 Å². The molecular formula is C21H19ClFN3O. The predicted octanol–water partition coefficient (Wildman–Crippen LogP) is 5.21. The Balaban J connectivity index is 1.93. The Hall–Kier alpha value is -2.66. The molecule has 0 spiro atoms.